The van der Waals surface area contributed by atoms with Crippen molar-refractivity contribution in [1.29, 1.82) is 0 Å². The molecule has 3 aromatic rings. The molecular weight excluding hydrogens is 234 g/mol. The third kappa shape index (κ3) is 1.45. The lowest BCUT2D eigenvalue weighted by atomic mass is 10.3. The number of hydrogen-bond donors (Lipinski definition) is 1. The molecule has 0 aromatic carbocycles. The first-order valence-corrected chi connectivity index (χ1v) is 5.22. The summed E-state index contributed by atoms with van der Waals surface area (Å²) in [6, 6.07) is 3.70. The number of pyridine rings is 1. The summed E-state index contributed by atoms with van der Waals surface area (Å²) in [5.41, 5.74) is 0.827. The lowest BCUT2D eigenvalue weighted by molar-refractivity contribution is 0.0691. The predicted molar refractivity (Wildman–Crippen MR) is 62.1 cm³/mol. The number of carbonyl (C=O) groups is 1. The fourth-order valence-corrected chi connectivity index (χ4v) is 1.78. The summed E-state index contributed by atoms with van der Waals surface area (Å²) in [6.45, 7) is 0. The van der Waals surface area contributed by atoms with Crippen LogP contribution in [0.5, 0.6) is 0 Å². The Morgan fingerprint density at radius 3 is 2.89 bits per heavy atom. The number of carboxylic acids is 1. The number of hydrogen-bond acceptors (Lipinski definition) is 4. The molecule has 0 aliphatic heterocycles. The van der Waals surface area contributed by atoms with E-state index in [0.29, 0.717) is 11.6 Å². The first-order chi connectivity index (χ1) is 8.66. The molecule has 7 nitrogen and oxygen atoms in total. The maximum Gasteiger partial charge on any atom is 0.356 e. The van der Waals surface area contributed by atoms with Crippen LogP contribution in [-0.4, -0.2) is 35.2 Å². The molecule has 1 N–H and O–H groups in total. The van der Waals surface area contributed by atoms with E-state index in [0.717, 1.165) is 5.56 Å². The average Bonchev–Trinajstić information content (AvgIpc) is 2.91. The van der Waals surface area contributed by atoms with E-state index in [-0.39, 0.29) is 5.69 Å². The number of aryl methyl sites for hydroxylation is 1. The molecule has 0 aliphatic carbocycles. The van der Waals surface area contributed by atoms with Crippen molar-refractivity contribution in [2.75, 3.05) is 0 Å². The lowest BCUT2D eigenvalue weighted by Crippen LogP contribution is -1.98. The van der Waals surface area contributed by atoms with Crippen LogP contribution in [0.25, 0.3) is 17.2 Å². The summed E-state index contributed by atoms with van der Waals surface area (Å²) in [6.07, 6.45) is 4.76. The van der Waals surface area contributed by atoms with Gasteiger partial charge >= 0.3 is 5.97 Å². The number of nitrogens with zero attached hydrogens (tertiary/aromatic N) is 5. The highest BCUT2D eigenvalue weighted by Crippen LogP contribution is 2.17. The van der Waals surface area contributed by atoms with Gasteiger partial charge in [-0.25, -0.2) is 14.3 Å². The van der Waals surface area contributed by atoms with Crippen LogP contribution in [0.1, 0.15) is 10.5 Å². The highest BCUT2D eigenvalue weighted by atomic mass is 16.4. The lowest BCUT2D eigenvalue weighted by Gasteiger charge is -1.98. The van der Waals surface area contributed by atoms with Gasteiger partial charge in [-0.2, -0.15) is 0 Å². The van der Waals surface area contributed by atoms with E-state index in [4.69, 9.17) is 5.11 Å². The zero-order valence-electron chi connectivity index (χ0n) is 9.48. The van der Waals surface area contributed by atoms with E-state index < -0.39 is 5.97 Å². The molecule has 0 atom stereocenters. The molecule has 18 heavy (non-hydrogen) atoms. The van der Waals surface area contributed by atoms with E-state index in [2.05, 4.69) is 15.1 Å². The van der Waals surface area contributed by atoms with Crippen molar-refractivity contribution < 1.29 is 9.90 Å². The van der Waals surface area contributed by atoms with Crippen LogP contribution in [0, 0.1) is 0 Å². The Morgan fingerprint density at radius 2 is 2.28 bits per heavy atom. The second-order valence-electron chi connectivity index (χ2n) is 3.80. The van der Waals surface area contributed by atoms with Gasteiger partial charge in [-0.1, -0.05) is 0 Å². The Labute approximate surface area is 101 Å². The van der Waals surface area contributed by atoms with Gasteiger partial charge in [0.25, 0.3) is 0 Å². The number of imidazole rings is 1. The Morgan fingerprint density at radius 1 is 1.44 bits per heavy atom. The number of fused-ring (bicyclic) bond motifs is 1. The molecule has 90 valence electrons. The fourth-order valence-electron chi connectivity index (χ4n) is 1.78. The van der Waals surface area contributed by atoms with Crippen LogP contribution < -0.4 is 0 Å². The highest BCUT2D eigenvalue weighted by Gasteiger charge is 2.15. The Bertz CT molecular complexity index is 729. The molecule has 0 amide bonds. The van der Waals surface area contributed by atoms with Crippen LogP contribution >= 0.6 is 0 Å². The van der Waals surface area contributed by atoms with Crippen molar-refractivity contribution in [3.63, 3.8) is 0 Å². The molecule has 0 fully saturated rings. The Balaban J connectivity index is 2.19. The van der Waals surface area contributed by atoms with Gasteiger partial charge in [0.15, 0.2) is 11.5 Å². The maximum absolute atomic E-state index is 10.8. The largest absolute Gasteiger partial charge is 0.476 e. The molecule has 3 aromatic heterocycles. The van der Waals surface area contributed by atoms with Crippen LogP contribution in [0.2, 0.25) is 0 Å². The molecule has 0 saturated heterocycles. The molecule has 0 spiro atoms. The van der Waals surface area contributed by atoms with Crippen molar-refractivity contribution in [2.24, 2.45) is 7.05 Å². The molecule has 0 bridgehead atoms. The topological polar surface area (TPSA) is 85.3 Å². The van der Waals surface area contributed by atoms with Gasteiger partial charge in [0.1, 0.15) is 0 Å². The van der Waals surface area contributed by atoms with E-state index in [9.17, 15) is 4.79 Å². The molecular formula is C11H9N5O2. The zero-order chi connectivity index (χ0) is 12.7. The summed E-state index contributed by atoms with van der Waals surface area (Å²) < 4.78 is 3.18. The van der Waals surface area contributed by atoms with Crippen molar-refractivity contribution >= 4 is 11.7 Å². The summed E-state index contributed by atoms with van der Waals surface area (Å²) in [5.74, 6) is 0.0946. The van der Waals surface area contributed by atoms with E-state index >= 15 is 0 Å². The number of carboxylic acid groups (broad SMARTS) is 1. The van der Waals surface area contributed by atoms with E-state index in [1.54, 1.807) is 24.0 Å². The maximum atomic E-state index is 10.8. The minimum atomic E-state index is -1.07. The first kappa shape index (κ1) is 10.5. The summed E-state index contributed by atoms with van der Waals surface area (Å²) >= 11 is 0. The molecule has 0 saturated carbocycles. The van der Waals surface area contributed by atoms with Crippen LogP contribution in [0.3, 0.4) is 0 Å². The number of aromatic nitrogens is 5. The van der Waals surface area contributed by atoms with Gasteiger partial charge in [0, 0.05) is 25.0 Å². The minimum absolute atomic E-state index is 0.0224. The zero-order valence-corrected chi connectivity index (χ0v) is 9.48. The third-order valence-corrected chi connectivity index (χ3v) is 2.63. The van der Waals surface area contributed by atoms with Crippen molar-refractivity contribution in [3.05, 3.63) is 36.4 Å². The van der Waals surface area contributed by atoms with Gasteiger partial charge in [-0.05, 0) is 12.1 Å². The van der Waals surface area contributed by atoms with Crippen LogP contribution in [0.15, 0.2) is 30.7 Å². The SMILES string of the molecule is Cn1c(-c2cccnc2)nn2cc(C(=O)O)nc12. The normalized spacial score (nSPS) is 10.9. The molecule has 0 aliphatic rings. The summed E-state index contributed by atoms with van der Waals surface area (Å²) in [5, 5.41) is 13.2. The Kier molecular flexibility index (Phi) is 2.12. The van der Waals surface area contributed by atoms with Gasteiger partial charge in [-0.15, -0.1) is 5.10 Å². The highest BCUT2D eigenvalue weighted by molar-refractivity contribution is 5.85. The first-order valence-electron chi connectivity index (χ1n) is 5.22. The average molecular weight is 243 g/mol. The van der Waals surface area contributed by atoms with Gasteiger partial charge in [0.05, 0.1) is 6.20 Å². The quantitative estimate of drug-likeness (QED) is 0.720. The van der Waals surface area contributed by atoms with Crippen molar-refractivity contribution in [2.45, 2.75) is 0 Å². The Hall–Kier alpha value is -2.70. The molecule has 3 rings (SSSR count). The van der Waals surface area contributed by atoms with Gasteiger partial charge < -0.3 is 5.11 Å². The minimum Gasteiger partial charge on any atom is -0.476 e. The van der Waals surface area contributed by atoms with Crippen LogP contribution in [0.4, 0.5) is 0 Å². The van der Waals surface area contributed by atoms with Crippen molar-refractivity contribution in [3.8, 4) is 11.4 Å². The number of rotatable bonds is 2. The van der Waals surface area contributed by atoms with E-state index in [1.165, 1.54) is 10.7 Å². The number of aromatic carboxylic acids is 1. The van der Waals surface area contributed by atoms with E-state index in [1.807, 2.05) is 12.1 Å². The van der Waals surface area contributed by atoms with Gasteiger partial charge in [0.2, 0.25) is 5.78 Å². The monoisotopic (exact) mass is 243 g/mol. The second-order valence-corrected chi connectivity index (χ2v) is 3.80. The van der Waals surface area contributed by atoms with Crippen LogP contribution in [-0.2, 0) is 7.05 Å². The summed E-state index contributed by atoms with van der Waals surface area (Å²) in [4.78, 5) is 18.8. The third-order valence-electron chi connectivity index (χ3n) is 2.63. The molecule has 0 unspecified atom stereocenters. The van der Waals surface area contributed by atoms with Gasteiger partial charge in [-0.3, -0.25) is 9.55 Å². The standard InChI is InChI=1S/C11H9N5O2/c1-15-9(7-3-2-4-12-5-7)14-16-6-8(10(17)18)13-11(15)16/h2-6H,1H3,(H,17,18). The molecule has 7 heteroatoms. The fraction of sp³-hybridized carbons (Fsp3) is 0.0909. The predicted octanol–water partition coefficient (Wildman–Crippen LogP) is 0.828. The smallest absolute Gasteiger partial charge is 0.356 e. The summed E-state index contributed by atoms with van der Waals surface area (Å²) in [7, 11) is 1.78. The van der Waals surface area contributed by atoms with Crippen molar-refractivity contribution in [1.82, 2.24) is 24.1 Å². The second kappa shape index (κ2) is 3.66. The molecule has 3 heterocycles. The molecule has 0 radical (unpaired) electrons.